The molecule has 9 heteroatoms. The maximum absolute atomic E-state index is 12.9. The van der Waals surface area contributed by atoms with E-state index in [2.05, 4.69) is 0 Å². The lowest BCUT2D eigenvalue weighted by Crippen LogP contribution is -2.47. The summed E-state index contributed by atoms with van der Waals surface area (Å²) >= 11 is 0. The van der Waals surface area contributed by atoms with Crippen LogP contribution in [0.15, 0.2) is 24.3 Å². The molecular formula is C18H24N2O6S. The smallest absolute Gasteiger partial charge is 0.308 e. The molecule has 148 valence electrons. The molecule has 2 aliphatic heterocycles. The number of hydrogen-bond acceptors (Lipinski definition) is 6. The van der Waals surface area contributed by atoms with E-state index >= 15 is 0 Å². The minimum absolute atomic E-state index is 0.172. The summed E-state index contributed by atoms with van der Waals surface area (Å²) in [5, 5.41) is 0. The number of para-hydroxylation sites is 2. The quantitative estimate of drug-likeness (QED) is 0.708. The highest BCUT2D eigenvalue weighted by molar-refractivity contribution is 7.92. The van der Waals surface area contributed by atoms with Gasteiger partial charge in [-0.3, -0.25) is 13.9 Å². The number of likely N-dealkylation sites (tertiary alicyclic amines) is 1. The Bertz CT molecular complexity index is 817. The monoisotopic (exact) mass is 396 g/mol. The van der Waals surface area contributed by atoms with Crippen molar-refractivity contribution in [3.8, 4) is 5.75 Å². The number of sulfonamides is 1. The van der Waals surface area contributed by atoms with E-state index in [4.69, 9.17) is 9.47 Å². The molecule has 8 nitrogen and oxygen atoms in total. The number of hydrogen-bond donors (Lipinski definition) is 0. The predicted molar refractivity (Wildman–Crippen MR) is 99.0 cm³/mol. The summed E-state index contributed by atoms with van der Waals surface area (Å²) in [4.78, 5) is 26.3. The molecule has 0 aliphatic carbocycles. The lowest BCUT2D eigenvalue weighted by Gasteiger charge is -2.32. The Morgan fingerprint density at radius 1 is 1.11 bits per heavy atom. The molecule has 1 fully saturated rings. The zero-order chi connectivity index (χ0) is 19.6. The van der Waals surface area contributed by atoms with E-state index in [9.17, 15) is 18.0 Å². The molecule has 3 rings (SSSR count). The molecule has 1 aromatic carbocycles. The SMILES string of the molecule is COC(=O)C1CCN(C(=O)[C@H]2CCN(S(C)(=O)=O)c3ccccc3O2)CC1. The molecule has 27 heavy (non-hydrogen) atoms. The Hall–Kier alpha value is -2.29. The van der Waals surface area contributed by atoms with Crippen molar-refractivity contribution in [2.24, 2.45) is 5.92 Å². The van der Waals surface area contributed by atoms with Gasteiger partial charge in [-0.15, -0.1) is 0 Å². The topological polar surface area (TPSA) is 93.2 Å². The number of ether oxygens (including phenoxy) is 2. The van der Waals surface area contributed by atoms with E-state index in [1.165, 1.54) is 11.4 Å². The van der Waals surface area contributed by atoms with Crippen molar-refractivity contribution in [3.63, 3.8) is 0 Å². The average Bonchev–Trinajstić information content (AvgIpc) is 2.86. The van der Waals surface area contributed by atoms with Crippen molar-refractivity contribution in [1.29, 1.82) is 0 Å². The summed E-state index contributed by atoms with van der Waals surface area (Å²) < 4.78 is 36.2. The van der Waals surface area contributed by atoms with Crippen LogP contribution in [-0.4, -0.2) is 64.3 Å². The molecule has 0 spiro atoms. The molecule has 1 aromatic rings. The van der Waals surface area contributed by atoms with Gasteiger partial charge in [0.1, 0.15) is 5.75 Å². The van der Waals surface area contributed by atoms with Crippen LogP contribution < -0.4 is 9.04 Å². The predicted octanol–water partition coefficient (Wildman–Crippen LogP) is 1.02. The lowest BCUT2D eigenvalue weighted by atomic mass is 9.96. The van der Waals surface area contributed by atoms with E-state index in [-0.39, 0.29) is 30.8 Å². The van der Waals surface area contributed by atoms with Crippen molar-refractivity contribution in [3.05, 3.63) is 24.3 Å². The summed E-state index contributed by atoms with van der Waals surface area (Å²) in [6.45, 7) is 1.08. The molecule has 0 saturated carbocycles. The van der Waals surface area contributed by atoms with Crippen LogP contribution in [0.1, 0.15) is 19.3 Å². The lowest BCUT2D eigenvalue weighted by molar-refractivity contribution is -0.150. The van der Waals surface area contributed by atoms with E-state index in [1.807, 2.05) is 0 Å². The number of amides is 1. The summed E-state index contributed by atoms with van der Waals surface area (Å²) in [5.74, 6) is -0.229. The molecule has 1 amide bonds. The van der Waals surface area contributed by atoms with Gasteiger partial charge in [-0.1, -0.05) is 12.1 Å². The van der Waals surface area contributed by atoms with E-state index in [0.29, 0.717) is 37.4 Å². The van der Waals surface area contributed by atoms with Crippen molar-refractivity contribution in [2.45, 2.75) is 25.4 Å². The maximum atomic E-state index is 12.9. The molecule has 0 radical (unpaired) electrons. The van der Waals surface area contributed by atoms with Crippen LogP contribution in [-0.2, 0) is 24.3 Å². The van der Waals surface area contributed by atoms with Gasteiger partial charge in [0, 0.05) is 26.1 Å². The normalized spacial score (nSPS) is 21.0. The van der Waals surface area contributed by atoms with Crippen molar-refractivity contribution < 1.29 is 27.5 Å². The number of carbonyl (C=O) groups is 2. The van der Waals surface area contributed by atoms with Gasteiger partial charge in [0.05, 0.1) is 25.0 Å². The van der Waals surface area contributed by atoms with Gasteiger partial charge in [0.15, 0.2) is 6.10 Å². The van der Waals surface area contributed by atoms with Crippen LogP contribution in [0, 0.1) is 5.92 Å². The zero-order valence-electron chi connectivity index (χ0n) is 15.5. The van der Waals surface area contributed by atoms with Gasteiger partial charge >= 0.3 is 5.97 Å². The van der Waals surface area contributed by atoms with E-state index in [0.717, 1.165) is 6.26 Å². The highest BCUT2D eigenvalue weighted by Gasteiger charge is 2.35. The largest absolute Gasteiger partial charge is 0.478 e. The molecule has 0 N–H and O–H groups in total. The number of esters is 1. The van der Waals surface area contributed by atoms with Crippen molar-refractivity contribution in [1.82, 2.24) is 4.90 Å². The third-order valence-corrected chi connectivity index (χ3v) is 6.19. The minimum Gasteiger partial charge on any atom is -0.478 e. The first-order valence-electron chi connectivity index (χ1n) is 8.91. The molecule has 0 unspecified atom stereocenters. The summed E-state index contributed by atoms with van der Waals surface area (Å²) in [5.41, 5.74) is 0.444. The molecule has 1 saturated heterocycles. The Labute approximate surface area is 159 Å². The Kier molecular flexibility index (Phi) is 5.59. The second kappa shape index (κ2) is 7.75. The summed E-state index contributed by atoms with van der Waals surface area (Å²) in [6, 6.07) is 6.82. The number of fused-ring (bicyclic) bond motifs is 1. The van der Waals surface area contributed by atoms with Crippen molar-refractivity contribution in [2.75, 3.05) is 37.3 Å². The van der Waals surface area contributed by atoms with Gasteiger partial charge in [-0.25, -0.2) is 8.42 Å². The first-order valence-corrected chi connectivity index (χ1v) is 10.8. The summed E-state index contributed by atoms with van der Waals surface area (Å²) in [7, 11) is -2.11. The maximum Gasteiger partial charge on any atom is 0.308 e. The number of benzene rings is 1. The first kappa shape index (κ1) is 19.5. The van der Waals surface area contributed by atoms with Crippen LogP contribution in [0.3, 0.4) is 0 Å². The van der Waals surface area contributed by atoms with Crippen LogP contribution in [0.25, 0.3) is 0 Å². The Morgan fingerprint density at radius 2 is 1.78 bits per heavy atom. The second-order valence-corrected chi connectivity index (χ2v) is 8.73. The highest BCUT2D eigenvalue weighted by Crippen LogP contribution is 2.34. The molecule has 0 aromatic heterocycles. The number of carbonyl (C=O) groups excluding carboxylic acids is 2. The number of rotatable bonds is 3. The Balaban J connectivity index is 1.74. The van der Waals surface area contributed by atoms with Crippen molar-refractivity contribution >= 4 is 27.6 Å². The molecule has 1 atom stereocenters. The fourth-order valence-electron chi connectivity index (χ4n) is 3.55. The van der Waals surface area contributed by atoms with E-state index in [1.54, 1.807) is 29.2 Å². The molecule has 0 bridgehead atoms. The fourth-order valence-corrected chi connectivity index (χ4v) is 4.50. The van der Waals surface area contributed by atoms with Gasteiger partial charge in [-0.2, -0.15) is 0 Å². The molecule has 2 aliphatic rings. The van der Waals surface area contributed by atoms with Crippen LogP contribution >= 0.6 is 0 Å². The minimum atomic E-state index is -3.48. The number of anilines is 1. The highest BCUT2D eigenvalue weighted by atomic mass is 32.2. The molecular weight excluding hydrogens is 372 g/mol. The third kappa shape index (κ3) is 4.18. The fraction of sp³-hybridized carbons (Fsp3) is 0.556. The second-order valence-electron chi connectivity index (χ2n) is 6.82. The third-order valence-electron chi connectivity index (χ3n) is 5.01. The number of nitrogens with zero attached hydrogens (tertiary/aromatic N) is 2. The summed E-state index contributed by atoms with van der Waals surface area (Å²) in [6.07, 6.45) is 1.75. The number of methoxy groups -OCH3 is 1. The van der Waals surface area contributed by atoms with Gasteiger partial charge in [-0.05, 0) is 25.0 Å². The van der Waals surface area contributed by atoms with Crippen LogP contribution in [0.2, 0.25) is 0 Å². The van der Waals surface area contributed by atoms with Crippen LogP contribution in [0.5, 0.6) is 5.75 Å². The first-order chi connectivity index (χ1) is 12.8. The number of piperidine rings is 1. The van der Waals surface area contributed by atoms with Gasteiger partial charge in [0.25, 0.3) is 5.91 Å². The van der Waals surface area contributed by atoms with E-state index < -0.39 is 16.1 Å². The van der Waals surface area contributed by atoms with Gasteiger partial charge < -0.3 is 14.4 Å². The Morgan fingerprint density at radius 3 is 2.41 bits per heavy atom. The standard InChI is InChI=1S/C18H24N2O6S/c1-25-18(22)13-7-10-19(11-8-13)17(21)16-9-12-20(27(2,23)24)14-5-3-4-6-15(14)26-16/h3-6,13,16H,7-12H2,1-2H3/t16-/m1/s1. The average molecular weight is 396 g/mol. The molecule has 2 heterocycles. The zero-order valence-corrected chi connectivity index (χ0v) is 16.3. The van der Waals surface area contributed by atoms with Crippen LogP contribution in [0.4, 0.5) is 5.69 Å². The van der Waals surface area contributed by atoms with Gasteiger partial charge in [0.2, 0.25) is 10.0 Å².